The number of likely N-dealkylation sites (tertiary alicyclic amines) is 1. The van der Waals surface area contributed by atoms with Crippen molar-refractivity contribution in [2.75, 3.05) is 26.3 Å². The number of pyridine rings is 1. The quantitative estimate of drug-likeness (QED) is 0.755. The predicted octanol–water partition coefficient (Wildman–Crippen LogP) is 3.63. The number of aromatic amines is 1. The minimum Gasteiger partial charge on any atom is -0.486 e. The Morgan fingerprint density at radius 1 is 0.963 bits per heavy atom. The third kappa shape index (κ3) is 3.01. The van der Waals surface area contributed by atoms with E-state index in [0.29, 0.717) is 18.9 Å². The average molecular weight is 363 g/mol. The lowest BCUT2D eigenvalue weighted by Gasteiger charge is -2.26. The van der Waals surface area contributed by atoms with Crippen molar-refractivity contribution < 1.29 is 14.3 Å². The second kappa shape index (κ2) is 6.61. The Kier molecular flexibility index (Phi) is 3.96. The van der Waals surface area contributed by atoms with Gasteiger partial charge in [0, 0.05) is 18.7 Å². The molecule has 4 heterocycles. The van der Waals surface area contributed by atoms with Crippen molar-refractivity contribution in [1.82, 2.24) is 14.9 Å². The van der Waals surface area contributed by atoms with Crippen LogP contribution in [0.1, 0.15) is 29.8 Å². The molecule has 2 aliphatic heterocycles. The number of fused-ring (bicyclic) bond motifs is 2. The first-order valence-corrected chi connectivity index (χ1v) is 9.47. The van der Waals surface area contributed by atoms with Crippen molar-refractivity contribution in [3.05, 3.63) is 42.1 Å². The molecule has 6 nitrogen and oxygen atoms in total. The van der Waals surface area contributed by atoms with Gasteiger partial charge in [0.05, 0.1) is 16.7 Å². The van der Waals surface area contributed by atoms with Gasteiger partial charge in [-0.3, -0.25) is 4.79 Å². The van der Waals surface area contributed by atoms with Gasteiger partial charge in [-0.15, -0.1) is 0 Å². The van der Waals surface area contributed by atoms with Crippen molar-refractivity contribution in [3.63, 3.8) is 0 Å². The third-order valence-corrected chi connectivity index (χ3v) is 5.19. The molecule has 5 rings (SSSR count). The van der Waals surface area contributed by atoms with E-state index in [0.717, 1.165) is 59.7 Å². The highest BCUT2D eigenvalue weighted by atomic mass is 16.6. The number of piperidine rings is 1. The van der Waals surface area contributed by atoms with E-state index in [9.17, 15) is 4.79 Å². The number of carbonyl (C=O) groups is 1. The van der Waals surface area contributed by atoms with Gasteiger partial charge in [0.15, 0.2) is 11.5 Å². The summed E-state index contributed by atoms with van der Waals surface area (Å²) in [6, 6.07) is 11.6. The van der Waals surface area contributed by atoms with Gasteiger partial charge in [-0.05, 0) is 55.7 Å². The number of H-pyrrole nitrogens is 1. The van der Waals surface area contributed by atoms with Crippen LogP contribution in [-0.2, 0) is 0 Å². The maximum atomic E-state index is 12.7. The van der Waals surface area contributed by atoms with Crippen LogP contribution >= 0.6 is 0 Å². The smallest absolute Gasteiger partial charge is 0.270 e. The Balaban J connectivity index is 1.46. The summed E-state index contributed by atoms with van der Waals surface area (Å²) in [4.78, 5) is 22.6. The normalized spacial score (nSPS) is 16.5. The maximum absolute atomic E-state index is 12.7. The van der Waals surface area contributed by atoms with Gasteiger partial charge < -0.3 is 19.4 Å². The van der Waals surface area contributed by atoms with Crippen molar-refractivity contribution in [2.45, 2.75) is 19.3 Å². The monoisotopic (exact) mass is 363 g/mol. The lowest BCUT2D eigenvalue weighted by atomic mass is 10.1. The van der Waals surface area contributed by atoms with E-state index in [-0.39, 0.29) is 5.91 Å². The van der Waals surface area contributed by atoms with Gasteiger partial charge in [0.2, 0.25) is 0 Å². The number of ether oxygens (including phenoxy) is 2. The minimum absolute atomic E-state index is 0.0635. The molecular weight excluding hydrogens is 342 g/mol. The summed E-state index contributed by atoms with van der Waals surface area (Å²) in [6.45, 7) is 2.81. The first-order valence-electron chi connectivity index (χ1n) is 9.47. The summed E-state index contributed by atoms with van der Waals surface area (Å²) >= 11 is 0. The summed E-state index contributed by atoms with van der Waals surface area (Å²) in [5, 5.41) is 0. The van der Waals surface area contributed by atoms with Gasteiger partial charge in [0.25, 0.3) is 5.91 Å². The van der Waals surface area contributed by atoms with Gasteiger partial charge in [-0.2, -0.15) is 0 Å². The Hall–Kier alpha value is -3.02. The number of nitrogens with one attached hydrogen (secondary N) is 1. The topological polar surface area (TPSA) is 67.5 Å². The molecule has 1 N–H and O–H groups in total. The largest absolute Gasteiger partial charge is 0.486 e. The van der Waals surface area contributed by atoms with Crippen molar-refractivity contribution in [2.24, 2.45) is 0 Å². The van der Waals surface area contributed by atoms with Crippen LogP contribution in [0.5, 0.6) is 11.5 Å². The number of rotatable bonds is 2. The zero-order valence-electron chi connectivity index (χ0n) is 15.0. The summed E-state index contributed by atoms with van der Waals surface area (Å²) in [5.74, 6) is 1.58. The number of carbonyl (C=O) groups excluding carboxylic acids is 1. The fourth-order valence-electron chi connectivity index (χ4n) is 3.75. The van der Waals surface area contributed by atoms with Crippen LogP contribution in [0.4, 0.5) is 0 Å². The van der Waals surface area contributed by atoms with Gasteiger partial charge in [-0.25, -0.2) is 4.98 Å². The maximum Gasteiger partial charge on any atom is 0.270 e. The predicted molar refractivity (Wildman–Crippen MR) is 102 cm³/mol. The molecule has 0 radical (unpaired) electrons. The van der Waals surface area contributed by atoms with Crippen molar-refractivity contribution in [3.8, 4) is 22.8 Å². The van der Waals surface area contributed by atoms with E-state index < -0.39 is 0 Å². The Morgan fingerprint density at radius 2 is 1.78 bits per heavy atom. The number of hydrogen-bond acceptors (Lipinski definition) is 4. The molecule has 0 aliphatic carbocycles. The fraction of sp³-hybridized carbons (Fsp3) is 0.333. The van der Waals surface area contributed by atoms with E-state index in [1.165, 1.54) is 6.42 Å². The second-order valence-corrected chi connectivity index (χ2v) is 7.02. The Bertz CT molecular complexity index is 1010. The molecule has 27 heavy (non-hydrogen) atoms. The molecule has 0 atom stereocenters. The molecule has 1 fully saturated rings. The molecular formula is C21H21N3O3. The third-order valence-electron chi connectivity index (χ3n) is 5.19. The Morgan fingerprint density at radius 3 is 2.63 bits per heavy atom. The Labute approximate surface area is 157 Å². The van der Waals surface area contributed by atoms with Crippen LogP contribution in [0.15, 0.2) is 36.4 Å². The minimum atomic E-state index is 0.0635. The average Bonchev–Trinajstić information content (AvgIpc) is 3.17. The van der Waals surface area contributed by atoms with Crippen LogP contribution in [0, 0.1) is 0 Å². The number of nitrogens with zero attached hydrogens (tertiary/aromatic N) is 2. The number of amides is 1. The molecule has 0 spiro atoms. The van der Waals surface area contributed by atoms with Crippen molar-refractivity contribution in [1.29, 1.82) is 0 Å². The molecule has 1 saturated heterocycles. The van der Waals surface area contributed by atoms with Crippen LogP contribution < -0.4 is 9.47 Å². The van der Waals surface area contributed by atoms with E-state index in [1.807, 2.05) is 41.3 Å². The molecule has 138 valence electrons. The van der Waals surface area contributed by atoms with E-state index in [4.69, 9.17) is 14.5 Å². The highest BCUT2D eigenvalue weighted by Crippen LogP contribution is 2.34. The lowest BCUT2D eigenvalue weighted by Crippen LogP contribution is -2.35. The first kappa shape index (κ1) is 16.2. The summed E-state index contributed by atoms with van der Waals surface area (Å²) in [7, 11) is 0. The summed E-state index contributed by atoms with van der Waals surface area (Å²) in [6.07, 6.45) is 3.37. The molecule has 1 amide bonds. The number of aromatic nitrogens is 2. The highest BCUT2D eigenvalue weighted by Gasteiger charge is 2.20. The van der Waals surface area contributed by atoms with Crippen LogP contribution in [-0.4, -0.2) is 47.1 Å². The first-order chi connectivity index (χ1) is 13.3. The van der Waals surface area contributed by atoms with Gasteiger partial charge in [0.1, 0.15) is 18.9 Å². The second-order valence-electron chi connectivity index (χ2n) is 7.02. The molecule has 0 unspecified atom stereocenters. The molecule has 1 aromatic carbocycles. The van der Waals surface area contributed by atoms with Gasteiger partial charge >= 0.3 is 0 Å². The molecule has 2 aliphatic rings. The lowest BCUT2D eigenvalue weighted by molar-refractivity contribution is 0.0719. The summed E-state index contributed by atoms with van der Waals surface area (Å²) < 4.78 is 11.2. The van der Waals surface area contributed by atoms with Crippen LogP contribution in [0.25, 0.3) is 22.3 Å². The van der Waals surface area contributed by atoms with E-state index in [1.54, 1.807) is 0 Å². The molecule has 3 aromatic rings. The highest BCUT2D eigenvalue weighted by molar-refractivity contribution is 5.97. The SMILES string of the molecule is O=C(c1cc2nc(-c3ccc4c(c3)OCCO4)ccc2[nH]1)N1CCCCC1. The van der Waals surface area contributed by atoms with E-state index >= 15 is 0 Å². The van der Waals surface area contributed by atoms with Gasteiger partial charge in [-0.1, -0.05) is 0 Å². The standard InChI is InChI=1S/C21H21N3O3/c25-21(24-8-2-1-3-9-24)18-13-17-16(23-18)6-5-15(22-17)14-4-7-19-20(12-14)27-11-10-26-19/h4-7,12-13,23H,1-3,8-11H2. The number of hydrogen-bond donors (Lipinski definition) is 1. The molecule has 0 bridgehead atoms. The number of benzene rings is 1. The molecule has 6 heteroatoms. The van der Waals surface area contributed by atoms with Crippen LogP contribution in [0.3, 0.4) is 0 Å². The summed E-state index contributed by atoms with van der Waals surface area (Å²) in [5.41, 5.74) is 4.08. The van der Waals surface area contributed by atoms with E-state index in [2.05, 4.69) is 4.98 Å². The zero-order valence-corrected chi connectivity index (χ0v) is 15.0. The van der Waals surface area contributed by atoms with Crippen LogP contribution in [0.2, 0.25) is 0 Å². The molecule has 2 aromatic heterocycles. The molecule has 0 saturated carbocycles. The van der Waals surface area contributed by atoms with Crippen molar-refractivity contribution >= 4 is 16.9 Å². The fourth-order valence-corrected chi connectivity index (χ4v) is 3.75. The zero-order chi connectivity index (χ0) is 18.2.